The lowest BCUT2D eigenvalue weighted by molar-refractivity contribution is -0.00394. The number of rotatable bonds is 4. The van der Waals surface area contributed by atoms with Gasteiger partial charge in [0.25, 0.3) is 0 Å². The molecule has 0 bridgehead atoms. The first-order valence-electron chi connectivity index (χ1n) is 9.31. The minimum Gasteiger partial charge on any atom is -0.375 e. The number of ether oxygens (including phenoxy) is 1. The predicted octanol–water partition coefficient (Wildman–Crippen LogP) is 1.63. The number of carbonyl (C=O) groups excluding carboxylic acids is 1. The van der Waals surface area contributed by atoms with Crippen LogP contribution in [0.15, 0.2) is 30.3 Å². The second-order valence-corrected chi connectivity index (χ2v) is 7.10. The van der Waals surface area contributed by atoms with Gasteiger partial charge in [0.05, 0.1) is 12.7 Å². The van der Waals surface area contributed by atoms with Gasteiger partial charge in [-0.1, -0.05) is 18.2 Å². The Kier molecular flexibility index (Phi) is 6.15. The molecular formula is C19H30N4O2. The van der Waals surface area contributed by atoms with E-state index in [1.165, 1.54) is 5.69 Å². The van der Waals surface area contributed by atoms with Crippen LogP contribution in [0.2, 0.25) is 0 Å². The van der Waals surface area contributed by atoms with E-state index < -0.39 is 0 Å². The zero-order valence-corrected chi connectivity index (χ0v) is 15.4. The summed E-state index contributed by atoms with van der Waals surface area (Å²) >= 11 is 0. The van der Waals surface area contributed by atoms with Gasteiger partial charge in [-0.25, -0.2) is 4.79 Å². The molecule has 0 spiro atoms. The minimum absolute atomic E-state index is 0.0329. The van der Waals surface area contributed by atoms with Crippen LogP contribution in [0.1, 0.15) is 13.8 Å². The second kappa shape index (κ2) is 8.54. The van der Waals surface area contributed by atoms with Crippen LogP contribution in [0.3, 0.4) is 0 Å². The maximum Gasteiger partial charge on any atom is 0.317 e. The molecule has 1 N–H and O–H groups in total. The van der Waals surface area contributed by atoms with Crippen molar-refractivity contribution in [2.75, 3.05) is 57.3 Å². The van der Waals surface area contributed by atoms with Crippen molar-refractivity contribution in [3.05, 3.63) is 30.3 Å². The van der Waals surface area contributed by atoms with Crippen molar-refractivity contribution in [3.63, 3.8) is 0 Å². The highest BCUT2D eigenvalue weighted by Crippen LogP contribution is 2.15. The summed E-state index contributed by atoms with van der Waals surface area (Å²) in [5.74, 6) is 0. The molecule has 2 atom stereocenters. The fraction of sp³-hybridized carbons (Fsp3) is 0.632. The molecule has 138 valence electrons. The Bertz CT molecular complexity index is 546. The standard InChI is InChI=1S/C19H30N4O2/c1-16(20-19(24)23-12-13-25-17(2)15-23)14-21-8-10-22(11-9-21)18-6-4-3-5-7-18/h3-7,16-17H,8-15H2,1-2H3,(H,20,24)/t16-,17-/m1/s1. The zero-order valence-electron chi connectivity index (χ0n) is 15.4. The number of hydrogen-bond acceptors (Lipinski definition) is 4. The maximum atomic E-state index is 12.4. The fourth-order valence-corrected chi connectivity index (χ4v) is 3.57. The smallest absolute Gasteiger partial charge is 0.317 e. The summed E-state index contributed by atoms with van der Waals surface area (Å²) in [7, 11) is 0. The minimum atomic E-state index is 0.0329. The molecule has 0 aromatic heterocycles. The number of piperazine rings is 1. The number of para-hydroxylation sites is 1. The summed E-state index contributed by atoms with van der Waals surface area (Å²) < 4.78 is 5.50. The molecule has 1 aromatic rings. The Hall–Kier alpha value is -1.79. The van der Waals surface area contributed by atoms with Gasteiger partial charge in [-0.2, -0.15) is 0 Å². The first-order chi connectivity index (χ1) is 12.1. The molecular weight excluding hydrogens is 316 g/mol. The lowest BCUT2D eigenvalue weighted by Crippen LogP contribution is -2.54. The van der Waals surface area contributed by atoms with Crippen molar-refractivity contribution in [2.45, 2.75) is 26.0 Å². The first kappa shape index (κ1) is 18.0. The summed E-state index contributed by atoms with van der Waals surface area (Å²) in [4.78, 5) is 19.1. The van der Waals surface area contributed by atoms with Crippen LogP contribution in [0.4, 0.5) is 10.5 Å². The van der Waals surface area contributed by atoms with E-state index in [9.17, 15) is 4.79 Å². The van der Waals surface area contributed by atoms with Crippen molar-refractivity contribution in [3.8, 4) is 0 Å². The summed E-state index contributed by atoms with van der Waals surface area (Å²) in [5.41, 5.74) is 1.30. The number of carbonyl (C=O) groups is 1. The van der Waals surface area contributed by atoms with Gasteiger partial charge in [-0.15, -0.1) is 0 Å². The van der Waals surface area contributed by atoms with Gasteiger partial charge in [0.2, 0.25) is 0 Å². The van der Waals surface area contributed by atoms with Crippen LogP contribution < -0.4 is 10.2 Å². The summed E-state index contributed by atoms with van der Waals surface area (Å²) in [5, 5.41) is 3.14. The second-order valence-electron chi connectivity index (χ2n) is 7.10. The maximum absolute atomic E-state index is 12.4. The Morgan fingerprint density at radius 3 is 2.60 bits per heavy atom. The molecule has 0 radical (unpaired) electrons. The number of morpholine rings is 1. The SMILES string of the molecule is C[C@H](CN1CCN(c2ccccc2)CC1)NC(=O)N1CCO[C@H](C)C1. The highest BCUT2D eigenvalue weighted by atomic mass is 16.5. The van der Waals surface area contributed by atoms with E-state index >= 15 is 0 Å². The Balaban J connectivity index is 1.40. The van der Waals surface area contributed by atoms with Crippen LogP contribution in [0.25, 0.3) is 0 Å². The normalized spacial score (nSPS) is 23.4. The van der Waals surface area contributed by atoms with Crippen molar-refractivity contribution in [2.24, 2.45) is 0 Å². The van der Waals surface area contributed by atoms with Gasteiger partial charge in [-0.3, -0.25) is 4.90 Å². The van der Waals surface area contributed by atoms with Crippen molar-refractivity contribution < 1.29 is 9.53 Å². The monoisotopic (exact) mass is 346 g/mol. The molecule has 0 unspecified atom stereocenters. The van der Waals surface area contributed by atoms with Crippen LogP contribution in [0, 0.1) is 0 Å². The van der Waals surface area contributed by atoms with Crippen molar-refractivity contribution in [1.29, 1.82) is 0 Å². The van der Waals surface area contributed by atoms with Gasteiger partial charge in [0, 0.05) is 57.5 Å². The molecule has 2 saturated heterocycles. The fourth-order valence-electron chi connectivity index (χ4n) is 3.57. The van der Waals surface area contributed by atoms with Crippen molar-refractivity contribution in [1.82, 2.24) is 15.1 Å². The van der Waals surface area contributed by atoms with Crippen LogP contribution >= 0.6 is 0 Å². The van der Waals surface area contributed by atoms with Gasteiger partial charge in [0.15, 0.2) is 0 Å². The van der Waals surface area contributed by atoms with E-state index in [1.807, 2.05) is 11.8 Å². The first-order valence-corrected chi connectivity index (χ1v) is 9.31. The van der Waals surface area contributed by atoms with E-state index in [4.69, 9.17) is 4.74 Å². The number of nitrogens with one attached hydrogen (secondary N) is 1. The quantitative estimate of drug-likeness (QED) is 0.900. The molecule has 0 saturated carbocycles. The molecule has 2 aliphatic rings. The predicted molar refractivity (Wildman–Crippen MR) is 100 cm³/mol. The van der Waals surface area contributed by atoms with E-state index in [0.717, 1.165) is 32.7 Å². The van der Waals surface area contributed by atoms with Crippen LogP contribution in [0.5, 0.6) is 0 Å². The summed E-state index contributed by atoms with van der Waals surface area (Å²) in [6.07, 6.45) is 0.126. The molecule has 3 rings (SSSR count). The van der Waals surface area contributed by atoms with E-state index in [0.29, 0.717) is 19.7 Å². The Morgan fingerprint density at radius 1 is 1.20 bits per heavy atom. The molecule has 6 heteroatoms. The van der Waals surface area contributed by atoms with E-state index in [1.54, 1.807) is 0 Å². The highest BCUT2D eigenvalue weighted by Gasteiger charge is 2.24. The van der Waals surface area contributed by atoms with Gasteiger partial charge < -0.3 is 19.9 Å². The molecule has 0 aliphatic carbocycles. The number of anilines is 1. The zero-order chi connectivity index (χ0) is 17.6. The third-order valence-electron chi connectivity index (χ3n) is 4.92. The Morgan fingerprint density at radius 2 is 1.92 bits per heavy atom. The Labute approximate surface area is 150 Å². The molecule has 2 fully saturated rings. The molecule has 1 aromatic carbocycles. The number of amides is 2. The number of nitrogens with zero attached hydrogens (tertiary/aromatic N) is 3. The average Bonchev–Trinajstić information content (AvgIpc) is 2.63. The van der Waals surface area contributed by atoms with E-state index in [2.05, 4.69) is 52.4 Å². The summed E-state index contributed by atoms with van der Waals surface area (Å²) in [6, 6.07) is 10.8. The van der Waals surface area contributed by atoms with Crippen LogP contribution in [-0.4, -0.2) is 80.4 Å². The van der Waals surface area contributed by atoms with Crippen molar-refractivity contribution >= 4 is 11.7 Å². The third-order valence-corrected chi connectivity index (χ3v) is 4.92. The average molecular weight is 346 g/mol. The number of urea groups is 1. The van der Waals surface area contributed by atoms with Crippen LogP contribution in [-0.2, 0) is 4.74 Å². The number of benzene rings is 1. The molecule has 6 nitrogen and oxygen atoms in total. The van der Waals surface area contributed by atoms with Gasteiger partial charge in [0.1, 0.15) is 0 Å². The highest BCUT2D eigenvalue weighted by molar-refractivity contribution is 5.74. The topological polar surface area (TPSA) is 48.0 Å². The molecule has 25 heavy (non-hydrogen) atoms. The lowest BCUT2D eigenvalue weighted by atomic mass is 10.2. The van der Waals surface area contributed by atoms with Gasteiger partial charge >= 0.3 is 6.03 Å². The largest absolute Gasteiger partial charge is 0.375 e. The third kappa shape index (κ3) is 5.09. The summed E-state index contributed by atoms with van der Waals surface area (Å²) in [6.45, 7) is 11.1. The van der Waals surface area contributed by atoms with E-state index in [-0.39, 0.29) is 18.2 Å². The number of hydrogen-bond donors (Lipinski definition) is 1. The lowest BCUT2D eigenvalue weighted by Gasteiger charge is -2.38. The molecule has 2 heterocycles. The van der Waals surface area contributed by atoms with Gasteiger partial charge in [-0.05, 0) is 26.0 Å². The molecule has 2 amide bonds. The molecule has 2 aliphatic heterocycles.